The average Bonchev–Trinajstić information content (AvgIpc) is 2.91. The van der Waals surface area contributed by atoms with Gasteiger partial charge in [-0.2, -0.15) is 0 Å². The van der Waals surface area contributed by atoms with Crippen LogP contribution in [0.25, 0.3) is 0 Å². The maximum Gasteiger partial charge on any atom is 0.323 e. The lowest BCUT2D eigenvalue weighted by Crippen LogP contribution is -2.35. The highest BCUT2D eigenvalue weighted by atomic mass is 16.7. The number of hydrogen-bond acceptors (Lipinski definition) is 4. The second-order valence-electron chi connectivity index (χ2n) is 4.64. The Balaban J connectivity index is 1.93. The number of benzene rings is 1. The number of carbonyl (C=O) groups is 2. The number of amides is 1. The Morgan fingerprint density at radius 3 is 2.81 bits per heavy atom. The second kappa shape index (κ2) is 6.78. The molecule has 0 spiro atoms. The van der Waals surface area contributed by atoms with Gasteiger partial charge in [-0.1, -0.05) is 12.1 Å². The standard InChI is InChI=1S/C15H17NO5/c1-2-7-16(9-15(18)19)14(17)6-4-11-3-5-12-13(8-11)21-10-20-12/h2-3,5,8H,1,4,6-7,9-10H2,(H,18,19). The molecule has 1 heterocycles. The first-order valence-electron chi connectivity index (χ1n) is 6.59. The molecule has 0 saturated heterocycles. The minimum atomic E-state index is -1.03. The molecule has 6 nitrogen and oxygen atoms in total. The van der Waals surface area contributed by atoms with E-state index in [4.69, 9.17) is 14.6 Å². The fourth-order valence-corrected chi connectivity index (χ4v) is 2.08. The number of carboxylic acid groups (broad SMARTS) is 1. The second-order valence-corrected chi connectivity index (χ2v) is 4.64. The molecule has 1 N–H and O–H groups in total. The lowest BCUT2D eigenvalue weighted by molar-refractivity contribution is -0.144. The lowest BCUT2D eigenvalue weighted by Gasteiger charge is -2.18. The van der Waals surface area contributed by atoms with Crippen LogP contribution >= 0.6 is 0 Å². The molecule has 0 unspecified atom stereocenters. The normalized spacial score (nSPS) is 12.0. The third-order valence-electron chi connectivity index (χ3n) is 3.09. The predicted octanol–water partition coefficient (Wildman–Crippen LogP) is 1.45. The smallest absolute Gasteiger partial charge is 0.323 e. The molecule has 6 heteroatoms. The van der Waals surface area contributed by atoms with Crippen molar-refractivity contribution in [3.63, 3.8) is 0 Å². The highest BCUT2D eigenvalue weighted by Crippen LogP contribution is 2.32. The summed E-state index contributed by atoms with van der Waals surface area (Å²) < 4.78 is 10.5. The van der Waals surface area contributed by atoms with Gasteiger partial charge in [0.2, 0.25) is 12.7 Å². The number of aliphatic carboxylic acids is 1. The van der Waals surface area contributed by atoms with E-state index < -0.39 is 5.97 Å². The average molecular weight is 291 g/mol. The maximum absolute atomic E-state index is 12.0. The van der Waals surface area contributed by atoms with Crippen molar-refractivity contribution in [1.29, 1.82) is 0 Å². The Morgan fingerprint density at radius 2 is 2.10 bits per heavy atom. The molecular formula is C15H17NO5. The Labute approximate surface area is 122 Å². The van der Waals surface area contributed by atoms with E-state index in [-0.39, 0.29) is 32.2 Å². The zero-order valence-electron chi connectivity index (χ0n) is 11.6. The Morgan fingerprint density at radius 1 is 1.33 bits per heavy atom. The van der Waals surface area contributed by atoms with Gasteiger partial charge in [-0.05, 0) is 24.1 Å². The summed E-state index contributed by atoms with van der Waals surface area (Å²) in [5.74, 6) is 0.126. The third kappa shape index (κ3) is 3.98. The van der Waals surface area contributed by atoms with Crippen molar-refractivity contribution in [2.45, 2.75) is 12.8 Å². The number of rotatable bonds is 7. The van der Waals surface area contributed by atoms with Gasteiger partial charge in [0.05, 0.1) is 0 Å². The zero-order chi connectivity index (χ0) is 15.2. The SMILES string of the molecule is C=CCN(CC(=O)O)C(=O)CCc1ccc2c(c1)OCO2. The van der Waals surface area contributed by atoms with Crippen LogP contribution < -0.4 is 9.47 Å². The molecule has 0 saturated carbocycles. The predicted molar refractivity (Wildman–Crippen MR) is 75.3 cm³/mol. The van der Waals surface area contributed by atoms with Crippen LogP contribution in [0, 0.1) is 0 Å². The molecule has 0 atom stereocenters. The molecule has 1 aromatic rings. The van der Waals surface area contributed by atoms with E-state index in [1.807, 2.05) is 12.1 Å². The van der Waals surface area contributed by atoms with Gasteiger partial charge in [0.1, 0.15) is 6.54 Å². The molecule has 112 valence electrons. The van der Waals surface area contributed by atoms with E-state index >= 15 is 0 Å². The van der Waals surface area contributed by atoms with Gasteiger partial charge in [-0.25, -0.2) is 0 Å². The monoisotopic (exact) mass is 291 g/mol. The van der Waals surface area contributed by atoms with Crippen molar-refractivity contribution in [1.82, 2.24) is 4.90 Å². The highest BCUT2D eigenvalue weighted by molar-refractivity contribution is 5.81. The summed E-state index contributed by atoms with van der Waals surface area (Å²) in [6.45, 7) is 3.66. The summed E-state index contributed by atoms with van der Waals surface area (Å²) in [4.78, 5) is 24.0. The van der Waals surface area contributed by atoms with Crippen molar-refractivity contribution in [2.75, 3.05) is 19.9 Å². The van der Waals surface area contributed by atoms with Crippen molar-refractivity contribution in [3.05, 3.63) is 36.4 Å². The number of carboxylic acids is 1. The number of aryl methyl sites for hydroxylation is 1. The van der Waals surface area contributed by atoms with Crippen LogP contribution in [-0.2, 0) is 16.0 Å². The molecule has 21 heavy (non-hydrogen) atoms. The van der Waals surface area contributed by atoms with Crippen LogP contribution in [0.4, 0.5) is 0 Å². The minimum Gasteiger partial charge on any atom is -0.480 e. The molecule has 2 rings (SSSR count). The summed E-state index contributed by atoms with van der Waals surface area (Å²) in [7, 11) is 0. The van der Waals surface area contributed by atoms with Crippen molar-refractivity contribution in [2.24, 2.45) is 0 Å². The van der Waals surface area contributed by atoms with E-state index in [1.54, 1.807) is 6.07 Å². The highest BCUT2D eigenvalue weighted by Gasteiger charge is 2.17. The summed E-state index contributed by atoms with van der Waals surface area (Å²) in [6, 6.07) is 5.52. The number of nitrogens with zero attached hydrogens (tertiary/aromatic N) is 1. The molecule has 0 aromatic heterocycles. The number of ether oxygens (including phenoxy) is 2. The van der Waals surface area contributed by atoms with E-state index in [0.29, 0.717) is 17.9 Å². The van der Waals surface area contributed by atoms with Crippen LogP contribution in [0.5, 0.6) is 11.5 Å². The molecule has 0 bridgehead atoms. The number of fused-ring (bicyclic) bond motifs is 1. The first kappa shape index (κ1) is 14.9. The van der Waals surface area contributed by atoms with Crippen LogP contribution in [-0.4, -0.2) is 41.8 Å². The number of hydrogen-bond donors (Lipinski definition) is 1. The largest absolute Gasteiger partial charge is 0.480 e. The maximum atomic E-state index is 12.0. The van der Waals surface area contributed by atoms with E-state index in [9.17, 15) is 9.59 Å². The Hall–Kier alpha value is -2.50. The molecule has 1 aliphatic heterocycles. The number of carbonyl (C=O) groups excluding carboxylic acids is 1. The van der Waals surface area contributed by atoms with Crippen molar-refractivity contribution >= 4 is 11.9 Å². The molecule has 0 fully saturated rings. The fraction of sp³-hybridized carbons (Fsp3) is 0.333. The van der Waals surface area contributed by atoms with E-state index in [0.717, 1.165) is 5.56 Å². The molecular weight excluding hydrogens is 274 g/mol. The van der Waals surface area contributed by atoms with Gasteiger partial charge in [0.15, 0.2) is 11.5 Å². The molecule has 1 amide bonds. The first-order chi connectivity index (χ1) is 10.1. The van der Waals surface area contributed by atoms with Crippen LogP contribution in [0.3, 0.4) is 0 Å². The first-order valence-corrected chi connectivity index (χ1v) is 6.59. The van der Waals surface area contributed by atoms with Gasteiger partial charge in [0.25, 0.3) is 0 Å². The van der Waals surface area contributed by atoms with Crippen LogP contribution in [0.1, 0.15) is 12.0 Å². The zero-order valence-corrected chi connectivity index (χ0v) is 11.6. The van der Waals surface area contributed by atoms with Crippen molar-refractivity contribution in [3.8, 4) is 11.5 Å². The van der Waals surface area contributed by atoms with Gasteiger partial charge < -0.3 is 19.5 Å². The molecule has 1 aromatic carbocycles. The van der Waals surface area contributed by atoms with Crippen LogP contribution in [0.15, 0.2) is 30.9 Å². The van der Waals surface area contributed by atoms with E-state index in [2.05, 4.69) is 6.58 Å². The summed E-state index contributed by atoms with van der Waals surface area (Å²) in [6.07, 6.45) is 2.27. The molecule has 0 aliphatic carbocycles. The minimum absolute atomic E-state index is 0.212. The molecule has 1 aliphatic rings. The van der Waals surface area contributed by atoms with Gasteiger partial charge in [-0.15, -0.1) is 6.58 Å². The molecule has 0 radical (unpaired) electrons. The summed E-state index contributed by atoms with van der Waals surface area (Å²) in [5.41, 5.74) is 0.946. The van der Waals surface area contributed by atoms with Gasteiger partial charge >= 0.3 is 5.97 Å². The van der Waals surface area contributed by atoms with Gasteiger partial charge in [0, 0.05) is 13.0 Å². The fourth-order valence-electron chi connectivity index (χ4n) is 2.08. The lowest BCUT2D eigenvalue weighted by atomic mass is 10.1. The van der Waals surface area contributed by atoms with Gasteiger partial charge in [-0.3, -0.25) is 9.59 Å². The summed E-state index contributed by atoms with van der Waals surface area (Å²) in [5, 5.41) is 8.79. The third-order valence-corrected chi connectivity index (χ3v) is 3.09. The summed E-state index contributed by atoms with van der Waals surface area (Å²) >= 11 is 0. The van der Waals surface area contributed by atoms with Crippen molar-refractivity contribution < 1.29 is 24.2 Å². The van der Waals surface area contributed by atoms with Crippen LogP contribution in [0.2, 0.25) is 0 Å². The van der Waals surface area contributed by atoms with E-state index in [1.165, 1.54) is 11.0 Å². The quantitative estimate of drug-likeness (QED) is 0.769. The topological polar surface area (TPSA) is 76.1 Å². The Bertz CT molecular complexity index is 555. The Kier molecular flexibility index (Phi) is 4.81.